The molecule has 0 radical (unpaired) electrons. The van der Waals surface area contributed by atoms with Gasteiger partial charge in [0.05, 0.1) is 21.8 Å². The van der Waals surface area contributed by atoms with Crippen LogP contribution >= 0.6 is 22.9 Å². The number of amides is 1. The van der Waals surface area contributed by atoms with E-state index in [1.165, 1.54) is 16.2 Å². The Balaban J connectivity index is 1.56. The van der Waals surface area contributed by atoms with Gasteiger partial charge in [0.15, 0.2) is 5.13 Å². The van der Waals surface area contributed by atoms with Gasteiger partial charge in [-0.05, 0) is 53.1 Å². The van der Waals surface area contributed by atoms with Crippen molar-refractivity contribution < 1.29 is 14.7 Å². The molecule has 176 valence electrons. The maximum atomic E-state index is 13.4. The van der Waals surface area contributed by atoms with Gasteiger partial charge in [-0.2, -0.15) is 0 Å². The molecule has 2 aromatic heterocycles. The number of aromatic nitrogens is 2. The number of carbonyl (C=O) groups is 2. The van der Waals surface area contributed by atoms with Crippen LogP contribution in [-0.2, 0) is 9.59 Å². The molecule has 0 saturated carbocycles. The molecule has 36 heavy (non-hydrogen) atoms. The van der Waals surface area contributed by atoms with Crippen LogP contribution in [0.5, 0.6) is 0 Å². The number of halogens is 1. The monoisotopic (exact) mass is 511 g/mol. The molecule has 3 heterocycles. The zero-order valence-electron chi connectivity index (χ0n) is 19.0. The molecule has 5 aromatic rings. The Kier molecular flexibility index (Phi) is 5.32. The van der Waals surface area contributed by atoms with Crippen molar-refractivity contribution in [2.45, 2.75) is 13.0 Å². The molecule has 1 fully saturated rings. The number of aryl methyl sites for hydroxylation is 1. The van der Waals surface area contributed by atoms with Gasteiger partial charge in [0.25, 0.3) is 5.78 Å². The summed E-state index contributed by atoms with van der Waals surface area (Å²) in [4.78, 5) is 37.0. The van der Waals surface area contributed by atoms with Gasteiger partial charge in [-0.3, -0.25) is 19.5 Å². The van der Waals surface area contributed by atoms with E-state index in [2.05, 4.69) is 9.97 Å². The lowest BCUT2D eigenvalue weighted by Gasteiger charge is -2.22. The molecular weight excluding hydrogens is 494 g/mol. The Morgan fingerprint density at radius 2 is 1.83 bits per heavy atom. The summed E-state index contributed by atoms with van der Waals surface area (Å²) in [5.41, 5.74) is 2.56. The average Bonchev–Trinajstić information content (AvgIpc) is 3.41. The first-order chi connectivity index (χ1) is 17.4. The molecule has 0 bridgehead atoms. The van der Waals surface area contributed by atoms with Crippen molar-refractivity contribution in [2.75, 3.05) is 4.90 Å². The number of Topliss-reactive ketones (excluding diaryl/α,β-unsaturated/α-hetero) is 1. The summed E-state index contributed by atoms with van der Waals surface area (Å²) in [7, 11) is 0. The standard InChI is InChI=1S/C28H18ClN3O3S/c1-15-11-22-21(13-20(15)29)31-28(36-22)32-24(19-7-4-10-30-14-19)23(26(34)27(32)35)25(33)18-9-8-16-5-2-3-6-17(16)12-18/h2-14,24,33H,1H3/b25-23+. The number of rotatable bonds is 3. The van der Waals surface area contributed by atoms with E-state index in [9.17, 15) is 14.7 Å². The molecule has 1 amide bonds. The molecule has 3 aromatic carbocycles. The average molecular weight is 512 g/mol. The summed E-state index contributed by atoms with van der Waals surface area (Å²) in [6, 6.07) is 19.4. The second kappa shape index (κ2) is 8.55. The first kappa shape index (κ1) is 22.4. The predicted molar refractivity (Wildman–Crippen MR) is 142 cm³/mol. The molecule has 0 aliphatic carbocycles. The maximum Gasteiger partial charge on any atom is 0.301 e. The Morgan fingerprint density at radius 3 is 2.61 bits per heavy atom. The van der Waals surface area contributed by atoms with Gasteiger partial charge in [-0.1, -0.05) is 65.4 Å². The largest absolute Gasteiger partial charge is 0.507 e. The number of benzene rings is 3. The number of hydrogen-bond acceptors (Lipinski definition) is 6. The van der Waals surface area contributed by atoms with E-state index in [1.807, 2.05) is 43.3 Å². The normalized spacial score (nSPS) is 17.4. The molecule has 1 aliphatic rings. The molecule has 6 nitrogen and oxygen atoms in total. The SMILES string of the molecule is Cc1cc2sc(N3C(=O)C(=O)/C(=C(/O)c4ccc5ccccc5c4)C3c3cccnc3)nc2cc1Cl. The van der Waals surface area contributed by atoms with Crippen LogP contribution in [0, 0.1) is 6.92 Å². The highest BCUT2D eigenvalue weighted by Gasteiger charge is 2.48. The number of fused-ring (bicyclic) bond motifs is 2. The van der Waals surface area contributed by atoms with E-state index >= 15 is 0 Å². The van der Waals surface area contributed by atoms with Gasteiger partial charge >= 0.3 is 5.91 Å². The van der Waals surface area contributed by atoms with E-state index in [-0.39, 0.29) is 11.3 Å². The van der Waals surface area contributed by atoms with Crippen LogP contribution in [0.4, 0.5) is 5.13 Å². The molecular formula is C28H18ClN3O3S. The van der Waals surface area contributed by atoms with Crippen LogP contribution in [-0.4, -0.2) is 26.8 Å². The Bertz CT molecular complexity index is 1690. The highest BCUT2D eigenvalue weighted by Crippen LogP contribution is 2.44. The fraction of sp³-hybridized carbons (Fsp3) is 0.0714. The van der Waals surface area contributed by atoms with Gasteiger partial charge in [-0.25, -0.2) is 4.98 Å². The number of hydrogen-bond donors (Lipinski definition) is 1. The van der Waals surface area contributed by atoms with Crippen molar-refractivity contribution in [1.82, 2.24) is 9.97 Å². The fourth-order valence-corrected chi connectivity index (χ4v) is 5.75. The summed E-state index contributed by atoms with van der Waals surface area (Å²) in [6.07, 6.45) is 3.20. The van der Waals surface area contributed by atoms with Crippen LogP contribution in [0.15, 0.2) is 84.7 Å². The molecule has 1 saturated heterocycles. The number of aliphatic hydroxyl groups excluding tert-OH is 1. The Labute approximate surface area is 215 Å². The first-order valence-corrected chi connectivity index (χ1v) is 12.4. The minimum absolute atomic E-state index is 0.00301. The number of anilines is 1. The predicted octanol–water partition coefficient (Wildman–Crippen LogP) is 6.43. The molecule has 1 N–H and O–H groups in total. The van der Waals surface area contributed by atoms with Crippen molar-refractivity contribution in [3.05, 3.63) is 106 Å². The van der Waals surface area contributed by atoms with Crippen LogP contribution in [0.25, 0.3) is 26.7 Å². The third-order valence-corrected chi connectivity index (χ3v) is 7.76. The molecule has 8 heteroatoms. The highest BCUT2D eigenvalue weighted by molar-refractivity contribution is 7.22. The van der Waals surface area contributed by atoms with E-state index < -0.39 is 17.7 Å². The number of nitrogens with zero attached hydrogens (tertiary/aromatic N) is 3. The minimum atomic E-state index is -0.887. The lowest BCUT2D eigenvalue weighted by molar-refractivity contribution is -0.132. The molecule has 1 atom stereocenters. The van der Waals surface area contributed by atoms with E-state index in [4.69, 9.17) is 11.6 Å². The summed E-state index contributed by atoms with van der Waals surface area (Å²) < 4.78 is 0.841. The van der Waals surface area contributed by atoms with E-state index in [0.717, 1.165) is 21.0 Å². The first-order valence-electron chi connectivity index (χ1n) is 11.2. The van der Waals surface area contributed by atoms with Gasteiger partial charge in [0.2, 0.25) is 0 Å². The lowest BCUT2D eigenvalue weighted by atomic mass is 9.95. The van der Waals surface area contributed by atoms with Gasteiger partial charge in [0.1, 0.15) is 5.76 Å². The van der Waals surface area contributed by atoms with Crippen molar-refractivity contribution in [3.8, 4) is 0 Å². The maximum absolute atomic E-state index is 13.4. The number of pyridine rings is 1. The summed E-state index contributed by atoms with van der Waals surface area (Å²) in [6.45, 7) is 1.90. The van der Waals surface area contributed by atoms with Crippen LogP contribution in [0.2, 0.25) is 5.02 Å². The number of aliphatic hydroxyl groups is 1. The van der Waals surface area contributed by atoms with Crippen LogP contribution in [0.1, 0.15) is 22.7 Å². The van der Waals surface area contributed by atoms with Crippen molar-refractivity contribution in [2.24, 2.45) is 0 Å². The third-order valence-electron chi connectivity index (χ3n) is 6.33. The van der Waals surface area contributed by atoms with Crippen LogP contribution < -0.4 is 4.90 Å². The fourth-order valence-electron chi connectivity index (χ4n) is 4.52. The Morgan fingerprint density at radius 1 is 1.03 bits per heavy atom. The highest BCUT2D eigenvalue weighted by atomic mass is 35.5. The van der Waals surface area contributed by atoms with Crippen molar-refractivity contribution in [1.29, 1.82) is 0 Å². The van der Waals surface area contributed by atoms with E-state index in [1.54, 1.807) is 42.7 Å². The summed E-state index contributed by atoms with van der Waals surface area (Å²) >= 11 is 7.58. The number of carbonyl (C=O) groups excluding carboxylic acids is 2. The van der Waals surface area contributed by atoms with Gasteiger partial charge < -0.3 is 5.11 Å². The van der Waals surface area contributed by atoms with Crippen LogP contribution in [0.3, 0.4) is 0 Å². The second-order valence-electron chi connectivity index (χ2n) is 8.58. The molecule has 0 spiro atoms. The summed E-state index contributed by atoms with van der Waals surface area (Å²) in [5.74, 6) is -1.77. The quantitative estimate of drug-likeness (QED) is 0.171. The smallest absolute Gasteiger partial charge is 0.301 e. The van der Waals surface area contributed by atoms with Gasteiger partial charge in [0, 0.05) is 23.0 Å². The van der Waals surface area contributed by atoms with Crippen molar-refractivity contribution >= 4 is 66.5 Å². The minimum Gasteiger partial charge on any atom is -0.507 e. The molecule has 1 aliphatic heterocycles. The summed E-state index contributed by atoms with van der Waals surface area (Å²) in [5, 5.41) is 14.2. The van der Waals surface area contributed by atoms with Crippen molar-refractivity contribution in [3.63, 3.8) is 0 Å². The number of thiazole rings is 1. The lowest BCUT2D eigenvalue weighted by Crippen LogP contribution is -2.29. The zero-order valence-corrected chi connectivity index (χ0v) is 20.5. The molecule has 1 unspecified atom stereocenters. The topological polar surface area (TPSA) is 83.4 Å². The second-order valence-corrected chi connectivity index (χ2v) is 10.00. The molecule has 6 rings (SSSR count). The Hall–Kier alpha value is -4.07. The third kappa shape index (κ3) is 3.56. The zero-order chi connectivity index (χ0) is 25.0. The van der Waals surface area contributed by atoms with Gasteiger partial charge in [-0.15, -0.1) is 0 Å². The van der Waals surface area contributed by atoms with E-state index in [0.29, 0.717) is 26.8 Å². The number of ketones is 1.